The molecular formula is C19H26F2N2O4. The minimum atomic E-state index is -2.96. The first kappa shape index (κ1) is 22.4. The maximum Gasteiger partial charge on any atom is 0.387 e. The van der Waals surface area contributed by atoms with Crippen LogP contribution in [0.25, 0.3) is 6.08 Å². The van der Waals surface area contributed by atoms with Crippen LogP contribution in [0.15, 0.2) is 24.3 Å². The molecule has 27 heavy (non-hydrogen) atoms. The predicted molar refractivity (Wildman–Crippen MR) is 98.8 cm³/mol. The van der Waals surface area contributed by atoms with Crippen molar-refractivity contribution in [1.82, 2.24) is 10.6 Å². The fraction of sp³-hybridized carbons (Fsp3) is 0.474. The van der Waals surface area contributed by atoms with Gasteiger partial charge in [-0.25, -0.2) is 0 Å². The first-order valence-electron chi connectivity index (χ1n) is 8.54. The second-order valence-electron chi connectivity index (χ2n) is 6.82. The molecule has 150 valence electrons. The first-order chi connectivity index (χ1) is 12.5. The van der Waals surface area contributed by atoms with Crippen LogP contribution >= 0.6 is 0 Å². The highest BCUT2D eigenvalue weighted by Gasteiger charge is 2.20. The van der Waals surface area contributed by atoms with Crippen molar-refractivity contribution in [3.05, 3.63) is 29.8 Å². The molecule has 1 atom stereocenters. The summed E-state index contributed by atoms with van der Waals surface area (Å²) in [6.07, 6.45) is 2.73. The first-order valence-corrected chi connectivity index (χ1v) is 8.54. The average Bonchev–Trinajstić information content (AvgIpc) is 2.53. The van der Waals surface area contributed by atoms with Crippen LogP contribution in [0.2, 0.25) is 0 Å². The molecule has 1 unspecified atom stereocenters. The Balaban J connectivity index is 2.76. The Morgan fingerprint density at radius 2 is 1.89 bits per heavy atom. The lowest BCUT2D eigenvalue weighted by Gasteiger charge is -2.23. The zero-order chi connectivity index (χ0) is 20.6. The largest absolute Gasteiger partial charge is 0.490 e. The molecule has 1 aromatic carbocycles. The number of hydrogen-bond acceptors (Lipinski definition) is 4. The molecule has 6 nitrogen and oxygen atoms in total. The zero-order valence-electron chi connectivity index (χ0n) is 16.1. The van der Waals surface area contributed by atoms with E-state index >= 15 is 0 Å². The van der Waals surface area contributed by atoms with Crippen molar-refractivity contribution < 1.29 is 27.8 Å². The predicted octanol–water partition coefficient (Wildman–Crippen LogP) is 3.12. The fourth-order valence-corrected chi connectivity index (χ4v) is 2.07. The number of rotatable bonds is 8. The number of amides is 2. The van der Waals surface area contributed by atoms with Gasteiger partial charge in [-0.3, -0.25) is 9.59 Å². The lowest BCUT2D eigenvalue weighted by molar-refractivity contribution is -0.127. The van der Waals surface area contributed by atoms with Crippen molar-refractivity contribution in [1.29, 1.82) is 0 Å². The third-order valence-electron chi connectivity index (χ3n) is 3.16. The molecular weight excluding hydrogens is 358 g/mol. The van der Waals surface area contributed by atoms with Gasteiger partial charge in [-0.15, -0.1) is 0 Å². The Bertz CT molecular complexity index is 685. The van der Waals surface area contributed by atoms with Gasteiger partial charge >= 0.3 is 6.61 Å². The minimum Gasteiger partial charge on any atom is -0.490 e. The number of alkyl halides is 2. The highest BCUT2D eigenvalue weighted by Crippen LogP contribution is 2.30. The van der Waals surface area contributed by atoms with Gasteiger partial charge in [-0.1, -0.05) is 6.07 Å². The van der Waals surface area contributed by atoms with E-state index in [0.717, 1.165) is 0 Å². The van der Waals surface area contributed by atoms with Gasteiger partial charge in [0.1, 0.15) is 6.04 Å². The van der Waals surface area contributed by atoms with Gasteiger partial charge in [0, 0.05) is 11.6 Å². The minimum absolute atomic E-state index is 0.0825. The Labute approximate surface area is 157 Å². The molecule has 0 bridgehead atoms. The summed E-state index contributed by atoms with van der Waals surface area (Å²) in [6, 6.07) is 3.64. The van der Waals surface area contributed by atoms with Crippen LogP contribution in [0.3, 0.4) is 0 Å². The number of halogens is 2. The van der Waals surface area contributed by atoms with Gasteiger partial charge in [0.25, 0.3) is 0 Å². The molecule has 0 aromatic heterocycles. The molecule has 2 N–H and O–H groups in total. The van der Waals surface area contributed by atoms with Gasteiger partial charge in [0.15, 0.2) is 11.5 Å². The summed E-state index contributed by atoms with van der Waals surface area (Å²) < 4.78 is 34.5. The molecule has 0 aliphatic rings. The summed E-state index contributed by atoms with van der Waals surface area (Å²) in [6.45, 7) is 6.14. The summed E-state index contributed by atoms with van der Waals surface area (Å²) in [7, 11) is 0. The van der Waals surface area contributed by atoms with Gasteiger partial charge < -0.3 is 20.1 Å². The number of nitrogens with one attached hydrogen (secondary N) is 2. The highest BCUT2D eigenvalue weighted by atomic mass is 19.3. The molecule has 0 radical (unpaired) electrons. The smallest absolute Gasteiger partial charge is 0.387 e. The standard InChI is InChI=1S/C19H26F2N2O4/c1-6-26-15-11-13(7-9-14(15)27-18(20)21)8-10-16(24)22-12(2)17(25)23-19(3,4)5/h7-12,18H,6H2,1-5H3,(H,22,24)(H,23,25)/b10-8+. The molecule has 2 amide bonds. The van der Waals surface area contributed by atoms with Crippen LogP contribution in [-0.4, -0.2) is 36.6 Å². The van der Waals surface area contributed by atoms with Crippen LogP contribution in [0.4, 0.5) is 8.78 Å². The van der Waals surface area contributed by atoms with Crippen LogP contribution in [0.1, 0.15) is 40.2 Å². The second kappa shape index (κ2) is 9.89. The van der Waals surface area contributed by atoms with Gasteiger partial charge in [0.05, 0.1) is 6.61 Å². The van der Waals surface area contributed by atoms with Crippen LogP contribution in [0.5, 0.6) is 11.5 Å². The van der Waals surface area contributed by atoms with Crippen molar-refractivity contribution in [2.24, 2.45) is 0 Å². The summed E-state index contributed by atoms with van der Waals surface area (Å²) in [5, 5.41) is 5.33. The molecule has 1 rings (SSSR count). The molecule has 0 saturated heterocycles. The van der Waals surface area contributed by atoms with E-state index in [0.29, 0.717) is 5.56 Å². The molecule has 0 heterocycles. The van der Waals surface area contributed by atoms with Crippen molar-refractivity contribution in [2.75, 3.05) is 6.61 Å². The van der Waals surface area contributed by atoms with E-state index in [9.17, 15) is 18.4 Å². The van der Waals surface area contributed by atoms with Crippen molar-refractivity contribution in [3.63, 3.8) is 0 Å². The normalized spacial score (nSPS) is 12.7. The molecule has 8 heteroatoms. The molecule has 0 saturated carbocycles. The number of ether oxygens (including phenoxy) is 2. The molecule has 0 aliphatic carbocycles. The number of hydrogen-bond donors (Lipinski definition) is 2. The summed E-state index contributed by atoms with van der Waals surface area (Å²) >= 11 is 0. The van der Waals surface area contributed by atoms with E-state index in [-0.39, 0.29) is 24.0 Å². The number of carbonyl (C=O) groups excluding carboxylic acids is 2. The van der Waals surface area contributed by atoms with Crippen molar-refractivity contribution in [2.45, 2.75) is 52.8 Å². The van der Waals surface area contributed by atoms with Crippen molar-refractivity contribution in [3.8, 4) is 11.5 Å². The molecule has 0 aliphatic heterocycles. The summed E-state index contributed by atoms with van der Waals surface area (Å²) in [5.41, 5.74) is 0.158. The summed E-state index contributed by atoms with van der Waals surface area (Å²) in [4.78, 5) is 24.0. The molecule has 0 fully saturated rings. The summed E-state index contributed by atoms with van der Waals surface area (Å²) in [5.74, 6) is -0.687. The van der Waals surface area contributed by atoms with Gasteiger partial charge in [0.2, 0.25) is 11.8 Å². The Morgan fingerprint density at radius 1 is 1.22 bits per heavy atom. The number of benzene rings is 1. The van der Waals surface area contributed by atoms with E-state index in [1.807, 2.05) is 20.8 Å². The SMILES string of the molecule is CCOc1cc(/C=C/C(=O)NC(C)C(=O)NC(C)(C)C)ccc1OC(F)F. The van der Waals surface area contributed by atoms with Gasteiger partial charge in [-0.2, -0.15) is 8.78 Å². The van der Waals surface area contributed by atoms with Crippen LogP contribution in [0, 0.1) is 0 Å². The molecule has 0 spiro atoms. The monoisotopic (exact) mass is 384 g/mol. The second-order valence-corrected chi connectivity index (χ2v) is 6.82. The topological polar surface area (TPSA) is 76.7 Å². The Hall–Kier alpha value is -2.64. The van der Waals surface area contributed by atoms with Crippen molar-refractivity contribution >= 4 is 17.9 Å². The third-order valence-corrected chi connectivity index (χ3v) is 3.16. The number of carbonyl (C=O) groups is 2. The lowest BCUT2D eigenvalue weighted by atomic mass is 10.1. The van der Waals surface area contributed by atoms with E-state index in [1.54, 1.807) is 13.8 Å². The Kier molecular flexibility index (Phi) is 8.21. The van der Waals surface area contributed by atoms with E-state index in [4.69, 9.17) is 4.74 Å². The maximum atomic E-state index is 12.4. The zero-order valence-corrected chi connectivity index (χ0v) is 16.1. The van der Waals surface area contributed by atoms with E-state index in [2.05, 4.69) is 15.4 Å². The average molecular weight is 384 g/mol. The maximum absolute atomic E-state index is 12.4. The van der Waals surface area contributed by atoms with E-state index < -0.39 is 24.1 Å². The fourth-order valence-electron chi connectivity index (χ4n) is 2.07. The van der Waals surface area contributed by atoms with E-state index in [1.165, 1.54) is 30.4 Å². The van der Waals surface area contributed by atoms with Crippen LogP contribution in [-0.2, 0) is 9.59 Å². The highest BCUT2D eigenvalue weighted by molar-refractivity contribution is 5.95. The van der Waals surface area contributed by atoms with Crippen LogP contribution < -0.4 is 20.1 Å². The third kappa shape index (κ3) is 8.52. The lowest BCUT2D eigenvalue weighted by Crippen LogP contribution is -2.50. The quantitative estimate of drug-likeness (QED) is 0.675. The molecule has 1 aromatic rings. The Morgan fingerprint density at radius 3 is 2.44 bits per heavy atom. The van der Waals surface area contributed by atoms with Gasteiger partial charge in [-0.05, 0) is 58.4 Å².